The van der Waals surface area contributed by atoms with Crippen LogP contribution in [0.5, 0.6) is 0 Å². The Labute approximate surface area is 138 Å². The van der Waals surface area contributed by atoms with Crippen LogP contribution in [0.3, 0.4) is 0 Å². The molecule has 0 fully saturated rings. The quantitative estimate of drug-likeness (QED) is 0.625. The van der Waals surface area contributed by atoms with Crippen molar-refractivity contribution in [3.8, 4) is 0 Å². The first kappa shape index (κ1) is 16.5. The van der Waals surface area contributed by atoms with Crippen LogP contribution in [0.1, 0.15) is 35.5 Å². The third-order valence-corrected chi connectivity index (χ3v) is 4.64. The zero-order chi connectivity index (χ0) is 15.6. The number of nitrogens with two attached hydrogens (primary N) is 1. The lowest BCUT2D eigenvalue weighted by Gasteiger charge is -2.19. The van der Waals surface area contributed by atoms with Crippen molar-refractivity contribution >= 4 is 27.5 Å². The fraction of sp³-hybridized carbons (Fsp3) is 0.400. The summed E-state index contributed by atoms with van der Waals surface area (Å²) in [7, 11) is 1.92. The molecule has 0 radical (unpaired) electrons. The topological polar surface area (TPSA) is 55.9 Å². The number of nitrogens with zero attached hydrogens (tertiary/aromatic N) is 2. The first-order valence-electron chi connectivity index (χ1n) is 6.90. The number of hydrogen-bond donors (Lipinski definition) is 2. The molecule has 3 N–H and O–H groups in total. The normalized spacial score (nSPS) is 12.7. The maximum atomic E-state index is 6.42. The van der Waals surface area contributed by atoms with Gasteiger partial charge in [0.1, 0.15) is 0 Å². The van der Waals surface area contributed by atoms with Gasteiger partial charge in [-0.3, -0.25) is 16.0 Å². The molecule has 0 spiro atoms. The molecule has 1 aromatic carbocycles. The Kier molecular flexibility index (Phi) is 5.43. The van der Waals surface area contributed by atoms with Gasteiger partial charge in [0.05, 0.1) is 22.5 Å². The van der Waals surface area contributed by atoms with Crippen molar-refractivity contribution < 1.29 is 0 Å². The molecule has 0 bridgehead atoms. The standard InChI is InChI=1S/C15H20BrClN4/c1-4-12-15(17)14(21(3)20-12)8-13(19-18)11-6-5-10(16)7-9(11)2/h5-7,13,19H,4,8,18H2,1-3H3. The molecule has 0 saturated heterocycles. The van der Waals surface area contributed by atoms with Crippen molar-refractivity contribution in [3.63, 3.8) is 0 Å². The Hall–Kier alpha value is -0.880. The Morgan fingerprint density at radius 3 is 2.71 bits per heavy atom. The highest BCUT2D eigenvalue weighted by atomic mass is 79.9. The minimum Gasteiger partial charge on any atom is -0.271 e. The number of hydrogen-bond acceptors (Lipinski definition) is 3. The van der Waals surface area contributed by atoms with Crippen LogP contribution in [0.4, 0.5) is 0 Å². The van der Waals surface area contributed by atoms with Gasteiger partial charge in [0.15, 0.2) is 0 Å². The number of hydrazine groups is 1. The molecular weight excluding hydrogens is 352 g/mol. The lowest BCUT2D eigenvalue weighted by atomic mass is 9.98. The Balaban J connectivity index is 2.33. The molecular formula is C15H20BrClN4. The molecule has 0 aliphatic rings. The second-order valence-corrected chi connectivity index (χ2v) is 6.40. The fourth-order valence-corrected chi connectivity index (χ4v) is 3.37. The first-order valence-corrected chi connectivity index (χ1v) is 8.07. The van der Waals surface area contributed by atoms with Gasteiger partial charge in [0.2, 0.25) is 0 Å². The summed E-state index contributed by atoms with van der Waals surface area (Å²) in [6, 6.07) is 6.18. The highest BCUT2D eigenvalue weighted by Gasteiger charge is 2.19. The second-order valence-electron chi connectivity index (χ2n) is 5.11. The van der Waals surface area contributed by atoms with Gasteiger partial charge in [-0.05, 0) is 36.6 Å². The number of rotatable bonds is 5. The van der Waals surface area contributed by atoms with Crippen molar-refractivity contribution in [1.82, 2.24) is 15.2 Å². The van der Waals surface area contributed by atoms with E-state index in [4.69, 9.17) is 17.4 Å². The number of aromatic nitrogens is 2. The van der Waals surface area contributed by atoms with Gasteiger partial charge >= 0.3 is 0 Å². The summed E-state index contributed by atoms with van der Waals surface area (Å²) in [6.07, 6.45) is 1.52. The van der Waals surface area contributed by atoms with Crippen LogP contribution in [0.25, 0.3) is 0 Å². The maximum absolute atomic E-state index is 6.42. The highest BCUT2D eigenvalue weighted by Crippen LogP contribution is 2.28. The average Bonchev–Trinajstić information content (AvgIpc) is 2.72. The average molecular weight is 372 g/mol. The minimum atomic E-state index is -0.00398. The second kappa shape index (κ2) is 6.92. The predicted octanol–water partition coefficient (Wildman–Crippen LogP) is 3.45. The predicted molar refractivity (Wildman–Crippen MR) is 90.2 cm³/mol. The summed E-state index contributed by atoms with van der Waals surface area (Å²) in [5.74, 6) is 5.76. The van der Waals surface area contributed by atoms with Crippen LogP contribution in [-0.2, 0) is 19.9 Å². The van der Waals surface area contributed by atoms with Crippen molar-refractivity contribution in [2.24, 2.45) is 12.9 Å². The van der Waals surface area contributed by atoms with Gasteiger partial charge in [-0.15, -0.1) is 0 Å². The molecule has 1 unspecified atom stereocenters. The van der Waals surface area contributed by atoms with Crippen LogP contribution >= 0.6 is 27.5 Å². The van der Waals surface area contributed by atoms with E-state index >= 15 is 0 Å². The zero-order valence-electron chi connectivity index (χ0n) is 12.5. The van der Waals surface area contributed by atoms with Crippen molar-refractivity contribution in [1.29, 1.82) is 0 Å². The molecule has 0 aliphatic carbocycles. The van der Waals surface area contributed by atoms with Crippen molar-refractivity contribution in [2.75, 3.05) is 0 Å². The van der Waals surface area contributed by atoms with Gasteiger partial charge in [-0.2, -0.15) is 5.10 Å². The SMILES string of the molecule is CCc1nn(C)c(CC(NN)c2ccc(Br)cc2C)c1Cl. The molecule has 2 rings (SSSR count). The van der Waals surface area contributed by atoms with Crippen LogP contribution in [0.2, 0.25) is 5.02 Å². The molecule has 4 nitrogen and oxygen atoms in total. The summed E-state index contributed by atoms with van der Waals surface area (Å²) in [5, 5.41) is 5.20. The minimum absolute atomic E-state index is 0.00398. The van der Waals surface area contributed by atoms with E-state index in [0.29, 0.717) is 6.42 Å². The summed E-state index contributed by atoms with van der Waals surface area (Å²) in [4.78, 5) is 0. The first-order chi connectivity index (χ1) is 9.97. The highest BCUT2D eigenvalue weighted by molar-refractivity contribution is 9.10. The molecule has 2 aromatic rings. The largest absolute Gasteiger partial charge is 0.271 e. The number of nitrogens with one attached hydrogen (secondary N) is 1. The van der Waals surface area contributed by atoms with E-state index < -0.39 is 0 Å². The van der Waals surface area contributed by atoms with Crippen LogP contribution in [0.15, 0.2) is 22.7 Å². The third-order valence-electron chi connectivity index (χ3n) is 3.71. The van der Waals surface area contributed by atoms with Crippen molar-refractivity contribution in [3.05, 3.63) is 50.2 Å². The van der Waals surface area contributed by atoms with E-state index in [9.17, 15) is 0 Å². The molecule has 0 amide bonds. The van der Waals surface area contributed by atoms with E-state index in [1.165, 1.54) is 5.56 Å². The molecule has 1 heterocycles. The lowest BCUT2D eigenvalue weighted by Crippen LogP contribution is -2.30. The molecule has 21 heavy (non-hydrogen) atoms. The maximum Gasteiger partial charge on any atom is 0.0850 e. The fourth-order valence-electron chi connectivity index (χ4n) is 2.52. The Bertz CT molecular complexity index is 639. The molecule has 114 valence electrons. The number of halogens is 2. The van der Waals surface area contributed by atoms with Crippen LogP contribution in [-0.4, -0.2) is 9.78 Å². The van der Waals surface area contributed by atoms with E-state index in [0.717, 1.165) is 32.9 Å². The smallest absolute Gasteiger partial charge is 0.0850 e. The summed E-state index contributed by atoms with van der Waals surface area (Å²) < 4.78 is 2.91. The van der Waals surface area contributed by atoms with Gasteiger partial charge < -0.3 is 0 Å². The van der Waals surface area contributed by atoms with Gasteiger partial charge in [0, 0.05) is 17.9 Å². The molecule has 1 aromatic heterocycles. The Morgan fingerprint density at radius 2 is 2.19 bits per heavy atom. The molecule has 0 saturated carbocycles. The van der Waals surface area contributed by atoms with Gasteiger partial charge in [-0.25, -0.2) is 0 Å². The Morgan fingerprint density at radius 1 is 1.48 bits per heavy atom. The molecule has 6 heteroatoms. The zero-order valence-corrected chi connectivity index (χ0v) is 14.8. The lowest BCUT2D eigenvalue weighted by molar-refractivity contribution is 0.527. The van der Waals surface area contributed by atoms with Gasteiger partial charge in [-0.1, -0.05) is 40.5 Å². The van der Waals surface area contributed by atoms with E-state index in [1.807, 2.05) is 17.8 Å². The summed E-state index contributed by atoms with van der Waals surface area (Å²) >= 11 is 9.91. The number of benzene rings is 1. The molecule has 1 atom stereocenters. The molecule has 0 aliphatic heterocycles. The van der Waals surface area contributed by atoms with E-state index in [2.05, 4.69) is 52.4 Å². The number of aryl methyl sites for hydroxylation is 3. The van der Waals surface area contributed by atoms with E-state index in [1.54, 1.807) is 0 Å². The van der Waals surface area contributed by atoms with Gasteiger partial charge in [0.25, 0.3) is 0 Å². The van der Waals surface area contributed by atoms with Crippen LogP contribution in [0, 0.1) is 6.92 Å². The monoisotopic (exact) mass is 370 g/mol. The van der Waals surface area contributed by atoms with Crippen LogP contribution < -0.4 is 11.3 Å². The van der Waals surface area contributed by atoms with E-state index in [-0.39, 0.29) is 6.04 Å². The summed E-state index contributed by atoms with van der Waals surface area (Å²) in [5.41, 5.74) is 7.17. The van der Waals surface area contributed by atoms with Crippen molar-refractivity contribution in [2.45, 2.75) is 32.7 Å². The third kappa shape index (κ3) is 3.48. The summed E-state index contributed by atoms with van der Waals surface area (Å²) in [6.45, 7) is 4.13.